The van der Waals surface area contributed by atoms with E-state index in [-0.39, 0.29) is 0 Å². The number of nitrogens with zero attached hydrogens (tertiary/aromatic N) is 3. The maximum atomic E-state index is 6.69. The van der Waals surface area contributed by atoms with Crippen LogP contribution in [-0.2, 0) is 5.41 Å². The van der Waals surface area contributed by atoms with Gasteiger partial charge in [0.2, 0.25) is 0 Å². The second-order valence-corrected chi connectivity index (χ2v) is 15.4. The summed E-state index contributed by atoms with van der Waals surface area (Å²) in [4.78, 5) is 15.3. The minimum atomic E-state index is -0.596. The van der Waals surface area contributed by atoms with Crippen LogP contribution in [0.1, 0.15) is 22.3 Å². The van der Waals surface area contributed by atoms with E-state index in [0.717, 1.165) is 38.6 Å². The summed E-state index contributed by atoms with van der Waals surface area (Å²) < 4.78 is 6.69. The molecule has 0 aliphatic heterocycles. The molecule has 13 rings (SSSR count). The lowest BCUT2D eigenvalue weighted by Gasteiger charge is -2.34. The Kier molecular flexibility index (Phi) is 6.34. The Balaban J connectivity index is 1.12. The Morgan fingerprint density at radius 1 is 0.345 bits per heavy atom. The zero-order valence-electron chi connectivity index (χ0n) is 31.1. The fourth-order valence-electron chi connectivity index (χ4n) is 10.1. The van der Waals surface area contributed by atoms with E-state index < -0.39 is 5.41 Å². The number of hydrogen-bond acceptors (Lipinski definition) is 4. The molecule has 0 N–H and O–H groups in total. The molecule has 4 heteroatoms. The molecule has 4 nitrogen and oxygen atoms in total. The quantitative estimate of drug-likeness (QED) is 0.130. The topological polar surface area (TPSA) is 51.8 Å². The first-order valence-electron chi connectivity index (χ1n) is 19.8. The fraction of sp³-hybridized carbons (Fsp3) is 0.0185. The van der Waals surface area contributed by atoms with Crippen LogP contribution < -0.4 is 0 Å². The molecule has 0 radical (unpaired) electrons. The number of rotatable bonds is 5. The van der Waals surface area contributed by atoms with Crippen molar-refractivity contribution in [2.75, 3.05) is 0 Å². The second kappa shape index (κ2) is 11.7. The molecule has 58 heavy (non-hydrogen) atoms. The summed E-state index contributed by atoms with van der Waals surface area (Å²) in [6.07, 6.45) is 0. The molecule has 0 bridgehead atoms. The van der Waals surface area contributed by atoms with Crippen LogP contribution in [0.4, 0.5) is 0 Å². The van der Waals surface area contributed by atoms with Gasteiger partial charge in [-0.25, -0.2) is 15.0 Å². The molecule has 1 unspecified atom stereocenters. The van der Waals surface area contributed by atoms with E-state index in [9.17, 15) is 0 Å². The third-order valence-corrected chi connectivity index (χ3v) is 12.5. The summed E-state index contributed by atoms with van der Waals surface area (Å²) in [5, 5.41) is 12.5. The van der Waals surface area contributed by atoms with Crippen LogP contribution in [0, 0.1) is 0 Å². The molecule has 2 heterocycles. The molecule has 0 spiro atoms. The Morgan fingerprint density at radius 3 is 1.69 bits per heavy atom. The van der Waals surface area contributed by atoms with Crippen LogP contribution >= 0.6 is 0 Å². The highest BCUT2D eigenvalue weighted by Crippen LogP contribution is 2.59. The van der Waals surface area contributed by atoms with Crippen molar-refractivity contribution in [2.45, 2.75) is 5.41 Å². The Labute approximate surface area is 333 Å². The van der Waals surface area contributed by atoms with Crippen molar-refractivity contribution in [1.29, 1.82) is 0 Å². The van der Waals surface area contributed by atoms with E-state index in [4.69, 9.17) is 19.4 Å². The van der Waals surface area contributed by atoms with E-state index >= 15 is 0 Å². The number of benzene rings is 10. The lowest BCUT2D eigenvalue weighted by molar-refractivity contribution is 0.668. The van der Waals surface area contributed by atoms with Gasteiger partial charge in [0.1, 0.15) is 11.2 Å². The molecule has 10 aromatic carbocycles. The summed E-state index contributed by atoms with van der Waals surface area (Å²) in [6, 6.07) is 67.3. The van der Waals surface area contributed by atoms with Crippen LogP contribution in [-0.4, -0.2) is 15.0 Å². The highest BCUT2D eigenvalue weighted by atomic mass is 16.3. The normalized spacial score (nSPS) is 15.0. The zero-order valence-corrected chi connectivity index (χ0v) is 31.1. The number of aromatic nitrogens is 3. The first-order valence-corrected chi connectivity index (χ1v) is 19.8. The number of furan rings is 1. The molecule has 1 aliphatic rings. The first-order chi connectivity index (χ1) is 28.8. The van der Waals surface area contributed by atoms with Gasteiger partial charge in [0.05, 0.1) is 5.41 Å². The van der Waals surface area contributed by atoms with Gasteiger partial charge in [0.25, 0.3) is 0 Å². The maximum Gasteiger partial charge on any atom is 0.164 e. The van der Waals surface area contributed by atoms with Crippen LogP contribution in [0.5, 0.6) is 0 Å². The van der Waals surface area contributed by atoms with Gasteiger partial charge in [-0.05, 0) is 83.5 Å². The van der Waals surface area contributed by atoms with Crippen molar-refractivity contribution in [3.8, 4) is 34.2 Å². The maximum absolute atomic E-state index is 6.69. The number of fused-ring (bicyclic) bond motifs is 4. The molecule has 268 valence electrons. The van der Waals surface area contributed by atoms with Gasteiger partial charge in [0, 0.05) is 27.5 Å². The summed E-state index contributed by atoms with van der Waals surface area (Å²) in [6.45, 7) is 0. The highest BCUT2D eigenvalue weighted by Gasteiger charge is 2.46. The lowest BCUT2D eigenvalue weighted by atomic mass is 9.67. The van der Waals surface area contributed by atoms with Gasteiger partial charge in [-0.2, -0.15) is 0 Å². The summed E-state index contributed by atoms with van der Waals surface area (Å²) in [5.41, 5.74) is 8.80. The van der Waals surface area contributed by atoms with Crippen LogP contribution in [0.2, 0.25) is 0 Å². The van der Waals surface area contributed by atoms with Gasteiger partial charge < -0.3 is 4.42 Å². The molecule has 0 amide bonds. The first kappa shape index (κ1) is 31.5. The van der Waals surface area contributed by atoms with Gasteiger partial charge in [0.15, 0.2) is 17.5 Å². The average Bonchev–Trinajstić information content (AvgIpc) is 3.83. The smallest absolute Gasteiger partial charge is 0.164 e. The molecule has 0 saturated heterocycles. The van der Waals surface area contributed by atoms with Crippen molar-refractivity contribution in [2.24, 2.45) is 0 Å². The lowest BCUT2D eigenvalue weighted by Crippen LogP contribution is -2.28. The predicted molar refractivity (Wildman–Crippen MR) is 236 cm³/mol. The standard InChI is InChI=1S/C54H31N3O/c1-4-13-34(14-5-1)51-55-52(35-15-6-2-7-16-35)57-53(56-51)40-22-12-24-45-48(40)41-31-37(28-30-44(41)58-45)54(36-18-8-3-9-19-36)42-23-11-21-39-38-20-10-17-32-25-26-33-27-29-43(54)50(49(39)42)47(33)46(32)38/h1-31H. The summed E-state index contributed by atoms with van der Waals surface area (Å²) in [7, 11) is 0. The van der Waals surface area contributed by atoms with E-state index in [2.05, 4.69) is 115 Å². The van der Waals surface area contributed by atoms with Crippen molar-refractivity contribution in [3.63, 3.8) is 0 Å². The Bertz CT molecular complexity index is 3560. The summed E-state index contributed by atoms with van der Waals surface area (Å²) in [5.74, 6) is 1.85. The largest absolute Gasteiger partial charge is 0.456 e. The predicted octanol–water partition coefficient (Wildman–Crippen LogP) is 13.5. The van der Waals surface area contributed by atoms with E-state index in [0.29, 0.717) is 17.5 Å². The molecular weight excluding hydrogens is 707 g/mol. The van der Waals surface area contributed by atoms with Crippen molar-refractivity contribution < 1.29 is 4.42 Å². The van der Waals surface area contributed by atoms with Gasteiger partial charge >= 0.3 is 0 Å². The average molecular weight is 738 g/mol. The Hall–Kier alpha value is -7.69. The minimum absolute atomic E-state index is 0.596. The highest BCUT2D eigenvalue weighted by molar-refractivity contribution is 6.36. The SMILES string of the molecule is c1ccc(-c2nc(-c3ccccc3)nc(-c3cccc4oc5ccc(C6(c7ccccc7)c7cccc8c9cccc%10ccc%11ccc6c(c78)c%11c%109)cc5c34)n2)cc1. The van der Waals surface area contributed by atoms with Crippen molar-refractivity contribution in [1.82, 2.24) is 15.0 Å². The Morgan fingerprint density at radius 2 is 0.948 bits per heavy atom. The fourth-order valence-corrected chi connectivity index (χ4v) is 10.1. The molecule has 2 aromatic heterocycles. The van der Waals surface area contributed by atoms with Crippen LogP contribution in [0.15, 0.2) is 192 Å². The van der Waals surface area contributed by atoms with Crippen LogP contribution in [0.3, 0.4) is 0 Å². The van der Waals surface area contributed by atoms with E-state index in [1.807, 2.05) is 72.8 Å². The third kappa shape index (κ3) is 4.16. The van der Waals surface area contributed by atoms with Gasteiger partial charge in [-0.3, -0.25) is 0 Å². The van der Waals surface area contributed by atoms with Gasteiger partial charge in [-0.1, -0.05) is 170 Å². The molecular formula is C54H31N3O. The summed E-state index contributed by atoms with van der Waals surface area (Å²) >= 11 is 0. The second-order valence-electron chi connectivity index (χ2n) is 15.4. The van der Waals surface area contributed by atoms with Gasteiger partial charge in [-0.15, -0.1) is 0 Å². The molecule has 1 aliphatic carbocycles. The molecule has 0 saturated carbocycles. The number of hydrogen-bond donors (Lipinski definition) is 0. The van der Waals surface area contributed by atoms with E-state index in [1.54, 1.807) is 0 Å². The monoisotopic (exact) mass is 737 g/mol. The molecule has 0 fully saturated rings. The van der Waals surface area contributed by atoms with Crippen molar-refractivity contribution in [3.05, 3.63) is 210 Å². The minimum Gasteiger partial charge on any atom is -0.456 e. The van der Waals surface area contributed by atoms with Crippen molar-refractivity contribution >= 4 is 65.0 Å². The van der Waals surface area contributed by atoms with Crippen LogP contribution in [0.25, 0.3) is 99.2 Å². The third-order valence-electron chi connectivity index (χ3n) is 12.5. The zero-order chi connectivity index (χ0) is 38.0. The molecule has 1 atom stereocenters. The molecule has 12 aromatic rings. The van der Waals surface area contributed by atoms with E-state index in [1.165, 1.54) is 65.3 Å².